The predicted molar refractivity (Wildman–Crippen MR) is 116 cm³/mol. The first-order chi connectivity index (χ1) is 13.9. The Morgan fingerprint density at radius 2 is 1.72 bits per heavy atom. The molecule has 0 saturated heterocycles. The van der Waals surface area contributed by atoms with Gasteiger partial charge in [0.2, 0.25) is 11.9 Å². The van der Waals surface area contributed by atoms with Crippen molar-refractivity contribution in [2.75, 3.05) is 16.0 Å². The van der Waals surface area contributed by atoms with Gasteiger partial charge in [0.1, 0.15) is 11.6 Å². The number of aromatic nitrogens is 2. The first kappa shape index (κ1) is 20.1. The summed E-state index contributed by atoms with van der Waals surface area (Å²) in [4.78, 5) is 20.3. The van der Waals surface area contributed by atoms with Crippen molar-refractivity contribution in [2.24, 2.45) is 0 Å². The molecule has 0 atom stereocenters. The van der Waals surface area contributed by atoms with Crippen molar-refractivity contribution >= 4 is 34.7 Å². The molecule has 0 aliphatic rings. The van der Waals surface area contributed by atoms with Crippen LogP contribution in [-0.2, 0) is 4.79 Å². The van der Waals surface area contributed by atoms with Crippen LogP contribution < -0.4 is 20.7 Å². The van der Waals surface area contributed by atoms with Gasteiger partial charge in [-0.15, -0.1) is 0 Å². The van der Waals surface area contributed by atoms with Crippen LogP contribution in [0.5, 0.6) is 5.75 Å². The summed E-state index contributed by atoms with van der Waals surface area (Å²) in [5.74, 6) is 1.74. The van der Waals surface area contributed by atoms with E-state index in [1.807, 2.05) is 75.4 Å². The van der Waals surface area contributed by atoms with Crippen LogP contribution in [0.4, 0.5) is 28.8 Å². The van der Waals surface area contributed by atoms with Crippen molar-refractivity contribution in [2.45, 2.75) is 33.8 Å². The minimum atomic E-state index is -0.122. The fourth-order valence-electron chi connectivity index (χ4n) is 2.76. The molecule has 3 aromatic rings. The van der Waals surface area contributed by atoms with Crippen LogP contribution in [0.25, 0.3) is 0 Å². The van der Waals surface area contributed by atoms with Gasteiger partial charge >= 0.3 is 0 Å². The lowest BCUT2D eigenvalue weighted by Crippen LogP contribution is -2.08. The third kappa shape index (κ3) is 5.93. The van der Waals surface area contributed by atoms with Gasteiger partial charge in [-0.05, 0) is 51.1 Å². The van der Waals surface area contributed by atoms with E-state index in [-0.39, 0.29) is 12.0 Å². The lowest BCUT2D eigenvalue weighted by atomic mass is 10.2. The molecule has 0 saturated carbocycles. The van der Waals surface area contributed by atoms with E-state index in [2.05, 4.69) is 25.9 Å². The van der Waals surface area contributed by atoms with Crippen LogP contribution >= 0.6 is 0 Å². The lowest BCUT2D eigenvalue weighted by molar-refractivity contribution is -0.114. The Kier molecular flexibility index (Phi) is 6.29. The van der Waals surface area contributed by atoms with Gasteiger partial charge in [0, 0.05) is 30.1 Å². The molecule has 3 rings (SSSR count). The van der Waals surface area contributed by atoms with Gasteiger partial charge in [0.05, 0.1) is 11.8 Å². The fourth-order valence-corrected chi connectivity index (χ4v) is 2.76. The van der Waals surface area contributed by atoms with Crippen LogP contribution in [0.2, 0.25) is 0 Å². The average Bonchev–Trinajstić information content (AvgIpc) is 2.62. The number of rotatable bonds is 7. The summed E-state index contributed by atoms with van der Waals surface area (Å²) in [5, 5.41) is 9.26. The molecule has 0 unspecified atom stereocenters. The highest BCUT2D eigenvalue weighted by Crippen LogP contribution is 2.28. The van der Waals surface area contributed by atoms with E-state index in [1.165, 1.54) is 6.92 Å². The minimum absolute atomic E-state index is 0.0678. The van der Waals surface area contributed by atoms with Crippen LogP contribution in [0.3, 0.4) is 0 Å². The topological polar surface area (TPSA) is 88.2 Å². The average molecular weight is 391 g/mol. The van der Waals surface area contributed by atoms with Crippen LogP contribution in [0.1, 0.15) is 26.5 Å². The van der Waals surface area contributed by atoms with Crippen molar-refractivity contribution in [3.63, 3.8) is 0 Å². The number of anilines is 5. The normalized spacial score (nSPS) is 10.5. The summed E-state index contributed by atoms with van der Waals surface area (Å²) < 4.78 is 5.86. The number of aryl methyl sites for hydroxylation is 1. The monoisotopic (exact) mass is 391 g/mol. The highest BCUT2D eigenvalue weighted by atomic mass is 16.5. The number of amides is 1. The van der Waals surface area contributed by atoms with Crippen LogP contribution in [0, 0.1) is 6.92 Å². The molecule has 2 aromatic carbocycles. The summed E-state index contributed by atoms with van der Waals surface area (Å²) >= 11 is 0. The van der Waals surface area contributed by atoms with E-state index in [9.17, 15) is 4.79 Å². The molecule has 3 N–H and O–H groups in total. The third-order valence-corrected chi connectivity index (χ3v) is 3.81. The Labute approximate surface area is 170 Å². The molecular weight excluding hydrogens is 366 g/mol. The SMILES string of the molecule is CC(=O)Nc1cccc(Nc2nc(C)cc(Nc3ccccc3OC(C)C)n2)c1. The standard InChI is InChI=1S/C22H25N5O2/c1-14(2)29-20-11-6-5-10-19(20)26-21-12-15(3)23-22(27-21)25-18-9-7-8-17(13-18)24-16(4)28/h5-14H,1-4H3,(H,24,28)(H2,23,25,26,27). The molecule has 0 bridgehead atoms. The Balaban J connectivity index is 1.82. The number of nitrogens with one attached hydrogen (secondary N) is 3. The predicted octanol–water partition coefficient (Wildman–Crippen LogP) is 5.02. The van der Waals surface area contributed by atoms with Gasteiger partial charge in [0.15, 0.2) is 0 Å². The molecule has 29 heavy (non-hydrogen) atoms. The molecule has 0 radical (unpaired) electrons. The van der Waals surface area contributed by atoms with Gasteiger partial charge in [-0.3, -0.25) is 4.79 Å². The molecule has 150 valence electrons. The molecule has 7 heteroatoms. The summed E-state index contributed by atoms with van der Waals surface area (Å²) in [6.07, 6.45) is 0.0678. The zero-order valence-corrected chi connectivity index (χ0v) is 17.0. The second-order valence-electron chi connectivity index (χ2n) is 6.89. The summed E-state index contributed by atoms with van der Waals surface area (Å²) in [6.45, 7) is 7.36. The lowest BCUT2D eigenvalue weighted by Gasteiger charge is -2.16. The Hall–Kier alpha value is -3.61. The second-order valence-corrected chi connectivity index (χ2v) is 6.89. The Morgan fingerprint density at radius 1 is 0.966 bits per heavy atom. The molecule has 0 aliphatic carbocycles. The Morgan fingerprint density at radius 3 is 2.48 bits per heavy atom. The second kappa shape index (κ2) is 9.05. The number of para-hydroxylation sites is 2. The number of hydrogen-bond acceptors (Lipinski definition) is 6. The molecule has 0 aliphatic heterocycles. The van der Waals surface area contributed by atoms with E-state index in [4.69, 9.17) is 4.74 Å². The molecule has 1 amide bonds. The van der Waals surface area contributed by atoms with Gasteiger partial charge in [0.25, 0.3) is 0 Å². The highest BCUT2D eigenvalue weighted by molar-refractivity contribution is 5.89. The van der Waals surface area contributed by atoms with E-state index in [1.54, 1.807) is 0 Å². The fraction of sp³-hybridized carbons (Fsp3) is 0.227. The van der Waals surface area contributed by atoms with Gasteiger partial charge < -0.3 is 20.7 Å². The number of carbonyl (C=O) groups excluding carboxylic acids is 1. The molecular formula is C22H25N5O2. The smallest absolute Gasteiger partial charge is 0.229 e. The number of ether oxygens (including phenoxy) is 1. The van der Waals surface area contributed by atoms with E-state index < -0.39 is 0 Å². The van der Waals surface area contributed by atoms with Crippen LogP contribution in [0.15, 0.2) is 54.6 Å². The number of carbonyl (C=O) groups is 1. The molecule has 1 aromatic heterocycles. The quantitative estimate of drug-likeness (QED) is 0.524. The Bertz CT molecular complexity index is 1000. The van der Waals surface area contributed by atoms with Crippen molar-refractivity contribution in [3.05, 3.63) is 60.3 Å². The molecule has 0 spiro atoms. The molecule has 7 nitrogen and oxygen atoms in total. The van der Waals surface area contributed by atoms with Crippen molar-refractivity contribution in [1.29, 1.82) is 0 Å². The maximum Gasteiger partial charge on any atom is 0.229 e. The maximum absolute atomic E-state index is 11.3. The number of benzene rings is 2. The maximum atomic E-state index is 11.3. The zero-order chi connectivity index (χ0) is 20.8. The van der Waals surface area contributed by atoms with Crippen molar-refractivity contribution in [1.82, 2.24) is 9.97 Å². The first-order valence-corrected chi connectivity index (χ1v) is 9.42. The van der Waals surface area contributed by atoms with E-state index >= 15 is 0 Å². The first-order valence-electron chi connectivity index (χ1n) is 9.42. The van der Waals surface area contributed by atoms with Crippen molar-refractivity contribution < 1.29 is 9.53 Å². The van der Waals surface area contributed by atoms with E-state index in [0.717, 1.165) is 22.8 Å². The highest BCUT2D eigenvalue weighted by Gasteiger charge is 2.09. The summed E-state index contributed by atoms with van der Waals surface area (Å²) in [6, 6.07) is 17.0. The third-order valence-electron chi connectivity index (χ3n) is 3.81. The zero-order valence-electron chi connectivity index (χ0n) is 17.0. The summed E-state index contributed by atoms with van der Waals surface area (Å²) in [5.41, 5.74) is 3.12. The largest absolute Gasteiger partial charge is 0.489 e. The molecule has 1 heterocycles. The van der Waals surface area contributed by atoms with Crippen LogP contribution in [-0.4, -0.2) is 22.0 Å². The van der Waals surface area contributed by atoms with Gasteiger partial charge in [-0.1, -0.05) is 18.2 Å². The minimum Gasteiger partial charge on any atom is -0.489 e. The molecule has 0 fully saturated rings. The number of hydrogen-bond donors (Lipinski definition) is 3. The number of nitrogens with zero attached hydrogens (tertiary/aromatic N) is 2. The summed E-state index contributed by atoms with van der Waals surface area (Å²) in [7, 11) is 0. The van der Waals surface area contributed by atoms with E-state index in [0.29, 0.717) is 17.5 Å². The van der Waals surface area contributed by atoms with Crippen molar-refractivity contribution in [3.8, 4) is 5.75 Å². The van der Waals surface area contributed by atoms with Gasteiger partial charge in [-0.2, -0.15) is 4.98 Å². The van der Waals surface area contributed by atoms with Gasteiger partial charge in [-0.25, -0.2) is 4.98 Å².